The molecule has 0 amide bonds. The number of H-pyrrole nitrogens is 1. The third-order valence-corrected chi connectivity index (χ3v) is 3.28. The van der Waals surface area contributed by atoms with Gasteiger partial charge in [-0.15, -0.1) is 0 Å². The molecule has 0 saturated heterocycles. The first-order valence-electron chi connectivity index (χ1n) is 7.01. The maximum absolute atomic E-state index is 11.8. The van der Waals surface area contributed by atoms with Gasteiger partial charge in [-0.2, -0.15) is 10.2 Å². The van der Waals surface area contributed by atoms with Gasteiger partial charge in [0.05, 0.1) is 6.54 Å². The zero-order valence-electron chi connectivity index (χ0n) is 12.5. The smallest absolute Gasteiger partial charge is 0.226 e. The second-order valence-corrected chi connectivity index (χ2v) is 5.11. The zero-order valence-corrected chi connectivity index (χ0v) is 12.5. The molecule has 116 valence electrons. The van der Waals surface area contributed by atoms with Gasteiger partial charge in [-0.05, 0) is 18.6 Å². The Hall–Kier alpha value is -3.22. The first-order chi connectivity index (χ1) is 11.1. The number of aromatic amines is 1. The standard InChI is InChI=1S/C16H15N5O2/c1-11-2-4-12(5-3-11)9-21-7-6-13(20-21)14(22)8-15(23)16-17-10-18-19-16/h2-8,10,22H,9H2,1H3,(H,17,18,19). The molecule has 2 N–H and O–H groups in total. The Morgan fingerprint density at radius 3 is 2.78 bits per heavy atom. The molecule has 0 aliphatic heterocycles. The van der Waals surface area contributed by atoms with Gasteiger partial charge in [0, 0.05) is 12.3 Å². The first kappa shape index (κ1) is 14.7. The van der Waals surface area contributed by atoms with E-state index in [0.717, 1.165) is 11.6 Å². The topological polar surface area (TPSA) is 96.7 Å². The molecule has 1 aromatic carbocycles. The summed E-state index contributed by atoms with van der Waals surface area (Å²) in [4.78, 5) is 15.5. The largest absolute Gasteiger partial charge is 0.505 e. The van der Waals surface area contributed by atoms with Crippen LogP contribution in [-0.4, -0.2) is 35.9 Å². The van der Waals surface area contributed by atoms with Crippen molar-refractivity contribution in [1.82, 2.24) is 25.0 Å². The molecular weight excluding hydrogens is 294 g/mol. The lowest BCUT2D eigenvalue weighted by molar-refractivity contribution is 0.103. The number of benzene rings is 1. The predicted molar refractivity (Wildman–Crippen MR) is 83.8 cm³/mol. The van der Waals surface area contributed by atoms with Crippen LogP contribution in [0, 0.1) is 6.92 Å². The minimum atomic E-state index is -0.465. The number of allylic oxidation sites excluding steroid dienone is 1. The van der Waals surface area contributed by atoms with Crippen molar-refractivity contribution in [2.45, 2.75) is 13.5 Å². The van der Waals surface area contributed by atoms with Crippen molar-refractivity contribution < 1.29 is 9.90 Å². The fourth-order valence-electron chi connectivity index (χ4n) is 2.06. The third-order valence-electron chi connectivity index (χ3n) is 3.28. The van der Waals surface area contributed by atoms with Gasteiger partial charge in [0.15, 0.2) is 5.82 Å². The highest BCUT2D eigenvalue weighted by Gasteiger charge is 2.10. The number of hydrogen-bond donors (Lipinski definition) is 2. The van der Waals surface area contributed by atoms with Crippen LogP contribution in [0.4, 0.5) is 0 Å². The highest BCUT2D eigenvalue weighted by molar-refractivity contribution is 6.05. The van der Waals surface area contributed by atoms with Crippen LogP contribution in [0.1, 0.15) is 27.4 Å². The number of carbonyl (C=O) groups is 1. The van der Waals surface area contributed by atoms with E-state index in [1.54, 1.807) is 16.9 Å². The summed E-state index contributed by atoms with van der Waals surface area (Å²) < 4.78 is 1.70. The van der Waals surface area contributed by atoms with E-state index >= 15 is 0 Å². The Balaban J connectivity index is 1.73. The second-order valence-electron chi connectivity index (χ2n) is 5.11. The van der Waals surface area contributed by atoms with Gasteiger partial charge < -0.3 is 5.11 Å². The van der Waals surface area contributed by atoms with E-state index in [1.807, 2.05) is 31.2 Å². The van der Waals surface area contributed by atoms with E-state index in [9.17, 15) is 9.90 Å². The molecule has 7 heteroatoms. The molecule has 2 aromatic heterocycles. The SMILES string of the molecule is Cc1ccc(Cn2ccc(C(O)=CC(=O)c3ncn[nH]3)n2)cc1. The Morgan fingerprint density at radius 2 is 2.09 bits per heavy atom. The number of hydrogen-bond acceptors (Lipinski definition) is 5. The van der Waals surface area contributed by atoms with Gasteiger partial charge >= 0.3 is 0 Å². The van der Waals surface area contributed by atoms with Crippen molar-refractivity contribution in [2.24, 2.45) is 0 Å². The average Bonchev–Trinajstić information content (AvgIpc) is 3.21. The van der Waals surface area contributed by atoms with Crippen LogP contribution in [0.5, 0.6) is 0 Å². The summed E-state index contributed by atoms with van der Waals surface area (Å²) in [6, 6.07) is 9.77. The Kier molecular flexibility index (Phi) is 4.01. The lowest BCUT2D eigenvalue weighted by Gasteiger charge is -2.02. The van der Waals surface area contributed by atoms with Crippen molar-refractivity contribution in [3.63, 3.8) is 0 Å². The number of carbonyl (C=O) groups excluding carboxylic acids is 1. The molecule has 7 nitrogen and oxygen atoms in total. The number of aryl methyl sites for hydroxylation is 1. The number of aromatic nitrogens is 5. The molecule has 0 aliphatic carbocycles. The van der Waals surface area contributed by atoms with Crippen LogP contribution < -0.4 is 0 Å². The normalized spacial score (nSPS) is 11.6. The van der Waals surface area contributed by atoms with Gasteiger partial charge in [-0.3, -0.25) is 14.6 Å². The second kappa shape index (κ2) is 6.27. The summed E-state index contributed by atoms with van der Waals surface area (Å²) >= 11 is 0. The maximum Gasteiger partial charge on any atom is 0.226 e. The van der Waals surface area contributed by atoms with Crippen LogP contribution in [0.15, 0.2) is 48.9 Å². The molecule has 0 bridgehead atoms. The van der Waals surface area contributed by atoms with E-state index in [1.165, 1.54) is 11.9 Å². The maximum atomic E-state index is 11.8. The highest BCUT2D eigenvalue weighted by Crippen LogP contribution is 2.11. The van der Waals surface area contributed by atoms with Crippen LogP contribution >= 0.6 is 0 Å². The summed E-state index contributed by atoms with van der Waals surface area (Å²) in [5.41, 5.74) is 2.62. The molecule has 0 radical (unpaired) electrons. The summed E-state index contributed by atoms with van der Waals surface area (Å²) in [7, 11) is 0. The third kappa shape index (κ3) is 3.52. The zero-order chi connectivity index (χ0) is 16.2. The summed E-state index contributed by atoms with van der Waals surface area (Å²) in [5, 5.41) is 20.3. The van der Waals surface area contributed by atoms with Crippen LogP contribution in [0.3, 0.4) is 0 Å². The molecule has 0 fully saturated rings. The average molecular weight is 309 g/mol. The molecular formula is C16H15N5O2. The molecule has 0 spiro atoms. The molecule has 3 rings (SSSR count). The molecule has 0 unspecified atom stereocenters. The minimum absolute atomic E-state index is 0.0654. The number of aliphatic hydroxyl groups is 1. The van der Waals surface area contributed by atoms with Gasteiger partial charge in [-0.25, -0.2) is 4.98 Å². The lowest BCUT2D eigenvalue weighted by Crippen LogP contribution is -2.02. The van der Waals surface area contributed by atoms with Crippen molar-refractivity contribution in [3.8, 4) is 0 Å². The van der Waals surface area contributed by atoms with E-state index in [2.05, 4.69) is 20.3 Å². The van der Waals surface area contributed by atoms with Gasteiger partial charge in [0.2, 0.25) is 5.78 Å². The number of nitrogens with zero attached hydrogens (tertiary/aromatic N) is 4. The number of rotatable bonds is 5. The van der Waals surface area contributed by atoms with Crippen molar-refractivity contribution >= 4 is 11.5 Å². The molecule has 23 heavy (non-hydrogen) atoms. The molecule has 0 atom stereocenters. The summed E-state index contributed by atoms with van der Waals surface area (Å²) in [6.07, 6.45) is 4.05. The van der Waals surface area contributed by atoms with Gasteiger partial charge in [0.25, 0.3) is 0 Å². The highest BCUT2D eigenvalue weighted by atomic mass is 16.3. The quantitative estimate of drug-likeness (QED) is 0.427. The Morgan fingerprint density at radius 1 is 1.30 bits per heavy atom. The molecule has 0 aliphatic rings. The summed E-state index contributed by atoms with van der Waals surface area (Å²) in [6.45, 7) is 2.62. The minimum Gasteiger partial charge on any atom is -0.505 e. The number of ketones is 1. The first-order valence-corrected chi connectivity index (χ1v) is 7.01. The fraction of sp³-hybridized carbons (Fsp3) is 0.125. The van der Waals surface area contributed by atoms with Gasteiger partial charge in [0.1, 0.15) is 17.8 Å². The number of nitrogens with one attached hydrogen (secondary N) is 1. The predicted octanol–water partition coefficient (Wildman–Crippen LogP) is 2.14. The number of aliphatic hydroxyl groups excluding tert-OH is 1. The lowest BCUT2D eigenvalue weighted by atomic mass is 10.1. The van der Waals surface area contributed by atoms with Crippen LogP contribution in [-0.2, 0) is 6.54 Å². The van der Waals surface area contributed by atoms with Crippen molar-refractivity contribution in [1.29, 1.82) is 0 Å². The van der Waals surface area contributed by atoms with E-state index < -0.39 is 5.78 Å². The fourth-order valence-corrected chi connectivity index (χ4v) is 2.06. The molecule has 3 aromatic rings. The van der Waals surface area contributed by atoms with Crippen LogP contribution in [0.25, 0.3) is 5.76 Å². The van der Waals surface area contributed by atoms with E-state index in [-0.39, 0.29) is 11.6 Å². The summed E-state index contributed by atoms with van der Waals surface area (Å²) in [5.74, 6) is -0.613. The monoisotopic (exact) mass is 309 g/mol. The Labute approximate surface area is 132 Å². The van der Waals surface area contributed by atoms with Crippen molar-refractivity contribution in [3.05, 3.63) is 71.6 Å². The molecule has 2 heterocycles. The van der Waals surface area contributed by atoms with Crippen molar-refractivity contribution in [2.75, 3.05) is 0 Å². The van der Waals surface area contributed by atoms with Gasteiger partial charge in [-0.1, -0.05) is 29.8 Å². The van der Waals surface area contributed by atoms with E-state index in [0.29, 0.717) is 12.2 Å². The molecule has 0 saturated carbocycles. The Bertz CT molecular complexity index is 832. The van der Waals surface area contributed by atoms with E-state index in [4.69, 9.17) is 0 Å². The van der Waals surface area contributed by atoms with Crippen LogP contribution in [0.2, 0.25) is 0 Å².